The van der Waals surface area contributed by atoms with Crippen molar-refractivity contribution in [3.05, 3.63) is 29.3 Å². The Morgan fingerprint density at radius 3 is 2.78 bits per heavy atom. The van der Waals surface area contributed by atoms with Gasteiger partial charge in [0.15, 0.2) is 0 Å². The van der Waals surface area contributed by atoms with Crippen molar-refractivity contribution in [3.8, 4) is 0 Å². The molecule has 0 bridgehead atoms. The molecule has 0 amide bonds. The number of nitrogens with two attached hydrogens (primary N) is 1. The first-order valence-electron chi connectivity index (χ1n) is 7.32. The van der Waals surface area contributed by atoms with Crippen LogP contribution >= 0.6 is 0 Å². The van der Waals surface area contributed by atoms with Gasteiger partial charge in [-0.25, -0.2) is 0 Å². The average Bonchev–Trinajstić information content (AvgIpc) is 2.80. The predicted molar refractivity (Wildman–Crippen MR) is 78.3 cm³/mol. The van der Waals surface area contributed by atoms with E-state index in [4.69, 9.17) is 5.73 Å². The number of fused-ring (bicyclic) bond motifs is 1. The van der Waals surface area contributed by atoms with Crippen LogP contribution in [0.4, 0.5) is 5.69 Å². The van der Waals surface area contributed by atoms with Crippen molar-refractivity contribution >= 4 is 5.69 Å². The second kappa shape index (κ2) is 6.24. The third-order valence-electron chi connectivity index (χ3n) is 4.14. The van der Waals surface area contributed by atoms with E-state index in [1.165, 1.54) is 43.2 Å². The van der Waals surface area contributed by atoms with E-state index in [9.17, 15) is 0 Å². The molecule has 0 aromatic heterocycles. The molecule has 0 saturated carbocycles. The third-order valence-corrected chi connectivity index (χ3v) is 4.14. The Balaban J connectivity index is 1.85. The molecule has 1 aliphatic rings. The first-order valence-corrected chi connectivity index (χ1v) is 7.32. The first kappa shape index (κ1) is 13.4. The number of anilines is 1. The highest BCUT2D eigenvalue weighted by molar-refractivity contribution is 5.52. The fourth-order valence-electron chi connectivity index (χ4n) is 2.83. The minimum absolute atomic E-state index is 0.675. The molecule has 2 nitrogen and oxygen atoms in total. The Bertz CT molecular complexity index is 387. The van der Waals surface area contributed by atoms with Gasteiger partial charge >= 0.3 is 0 Å². The number of nitrogen functional groups attached to an aromatic ring is 1. The van der Waals surface area contributed by atoms with Crippen molar-refractivity contribution in [2.45, 2.75) is 65.1 Å². The standard InChI is InChI=1S/C16H26N2/c1-3-4-5-6-8-13(2)18-11-14-9-7-10-16(17)15(14)12-18/h7,9-10,13H,3-6,8,11-12,17H2,1-2H3. The Hall–Kier alpha value is -1.02. The van der Waals surface area contributed by atoms with Gasteiger partial charge < -0.3 is 5.73 Å². The maximum atomic E-state index is 6.05. The van der Waals surface area contributed by atoms with Crippen LogP contribution in [0.1, 0.15) is 57.1 Å². The summed E-state index contributed by atoms with van der Waals surface area (Å²) in [5.41, 5.74) is 9.80. The molecule has 0 aliphatic carbocycles. The number of hydrogen-bond acceptors (Lipinski definition) is 2. The molecule has 0 saturated heterocycles. The summed E-state index contributed by atoms with van der Waals surface area (Å²) in [6.45, 7) is 6.74. The smallest absolute Gasteiger partial charge is 0.0363 e. The van der Waals surface area contributed by atoms with Gasteiger partial charge in [-0.15, -0.1) is 0 Å². The second-order valence-electron chi connectivity index (χ2n) is 5.59. The third kappa shape index (κ3) is 3.05. The van der Waals surface area contributed by atoms with E-state index in [-0.39, 0.29) is 0 Å². The van der Waals surface area contributed by atoms with Crippen molar-refractivity contribution < 1.29 is 0 Å². The van der Waals surface area contributed by atoms with Gasteiger partial charge in [-0.3, -0.25) is 4.90 Å². The van der Waals surface area contributed by atoms with Gasteiger partial charge in [-0.1, -0.05) is 44.7 Å². The molecule has 1 atom stereocenters. The van der Waals surface area contributed by atoms with Gasteiger partial charge in [0.1, 0.15) is 0 Å². The Morgan fingerprint density at radius 2 is 2.06 bits per heavy atom. The van der Waals surface area contributed by atoms with Crippen LogP contribution in [0, 0.1) is 0 Å². The Morgan fingerprint density at radius 1 is 1.22 bits per heavy atom. The minimum Gasteiger partial charge on any atom is -0.398 e. The monoisotopic (exact) mass is 246 g/mol. The zero-order valence-electron chi connectivity index (χ0n) is 11.8. The van der Waals surface area contributed by atoms with Crippen LogP contribution in [0.25, 0.3) is 0 Å². The molecule has 1 aromatic rings. The molecule has 2 N–H and O–H groups in total. The van der Waals surface area contributed by atoms with Crippen LogP contribution in [-0.2, 0) is 13.1 Å². The van der Waals surface area contributed by atoms with Crippen molar-refractivity contribution in [2.24, 2.45) is 0 Å². The van der Waals surface area contributed by atoms with Gasteiger partial charge in [0.25, 0.3) is 0 Å². The largest absolute Gasteiger partial charge is 0.398 e. The molecule has 18 heavy (non-hydrogen) atoms. The normalized spacial score (nSPS) is 16.8. The number of unbranched alkanes of at least 4 members (excludes halogenated alkanes) is 3. The van der Waals surface area contributed by atoms with Gasteiger partial charge in [-0.2, -0.15) is 0 Å². The van der Waals surface area contributed by atoms with Crippen LogP contribution in [0.5, 0.6) is 0 Å². The van der Waals surface area contributed by atoms with Crippen LogP contribution in [0.15, 0.2) is 18.2 Å². The lowest BCUT2D eigenvalue weighted by atomic mass is 10.1. The zero-order chi connectivity index (χ0) is 13.0. The molecule has 0 spiro atoms. The lowest BCUT2D eigenvalue weighted by molar-refractivity contribution is 0.199. The summed E-state index contributed by atoms with van der Waals surface area (Å²) in [5.74, 6) is 0. The molecule has 2 heteroatoms. The molecule has 1 aromatic carbocycles. The summed E-state index contributed by atoms with van der Waals surface area (Å²) >= 11 is 0. The molecule has 1 aliphatic heterocycles. The first-order chi connectivity index (χ1) is 8.72. The SMILES string of the molecule is CCCCCCC(C)N1Cc2cccc(N)c2C1. The van der Waals surface area contributed by atoms with E-state index in [0.29, 0.717) is 6.04 Å². The summed E-state index contributed by atoms with van der Waals surface area (Å²) in [6.07, 6.45) is 6.74. The number of rotatable bonds is 6. The van der Waals surface area contributed by atoms with Gasteiger partial charge in [0.2, 0.25) is 0 Å². The summed E-state index contributed by atoms with van der Waals surface area (Å²) in [6, 6.07) is 6.99. The molecule has 1 unspecified atom stereocenters. The maximum absolute atomic E-state index is 6.05. The summed E-state index contributed by atoms with van der Waals surface area (Å²) < 4.78 is 0. The molecular weight excluding hydrogens is 220 g/mol. The average molecular weight is 246 g/mol. The fourth-order valence-corrected chi connectivity index (χ4v) is 2.83. The highest BCUT2D eigenvalue weighted by atomic mass is 15.2. The number of nitrogens with zero attached hydrogens (tertiary/aromatic N) is 1. The van der Waals surface area contributed by atoms with Gasteiger partial charge in [-0.05, 0) is 30.5 Å². The highest BCUT2D eigenvalue weighted by Crippen LogP contribution is 2.29. The minimum atomic E-state index is 0.675. The van der Waals surface area contributed by atoms with Gasteiger partial charge in [0.05, 0.1) is 0 Å². The quantitative estimate of drug-likeness (QED) is 0.608. The van der Waals surface area contributed by atoms with E-state index >= 15 is 0 Å². The molecule has 0 fully saturated rings. The van der Waals surface area contributed by atoms with E-state index in [0.717, 1.165) is 18.8 Å². The molecule has 0 radical (unpaired) electrons. The lowest BCUT2D eigenvalue weighted by Crippen LogP contribution is -2.27. The van der Waals surface area contributed by atoms with Crippen molar-refractivity contribution in [1.29, 1.82) is 0 Å². The topological polar surface area (TPSA) is 29.3 Å². The maximum Gasteiger partial charge on any atom is 0.0363 e. The number of benzene rings is 1. The number of hydrogen-bond donors (Lipinski definition) is 1. The van der Waals surface area contributed by atoms with Gasteiger partial charge in [0, 0.05) is 24.8 Å². The summed E-state index contributed by atoms with van der Waals surface area (Å²) in [7, 11) is 0. The molecule has 100 valence electrons. The van der Waals surface area contributed by atoms with Crippen LogP contribution in [0.2, 0.25) is 0 Å². The molecule has 2 rings (SSSR count). The van der Waals surface area contributed by atoms with Crippen LogP contribution in [0.3, 0.4) is 0 Å². The van der Waals surface area contributed by atoms with E-state index < -0.39 is 0 Å². The summed E-state index contributed by atoms with van der Waals surface area (Å²) in [5, 5.41) is 0. The molecule has 1 heterocycles. The van der Waals surface area contributed by atoms with Crippen molar-refractivity contribution in [2.75, 3.05) is 5.73 Å². The van der Waals surface area contributed by atoms with Crippen molar-refractivity contribution in [3.63, 3.8) is 0 Å². The lowest BCUT2D eigenvalue weighted by Gasteiger charge is -2.23. The van der Waals surface area contributed by atoms with E-state index in [1.54, 1.807) is 0 Å². The fraction of sp³-hybridized carbons (Fsp3) is 0.625. The van der Waals surface area contributed by atoms with E-state index in [1.807, 2.05) is 6.07 Å². The van der Waals surface area contributed by atoms with Crippen LogP contribution < -0.4 is 5.73 Å². The van der Waals surface area contributed by atoms with Crippen molar-refractivity contribution in [1.82, 2.24) is 4.90 Å². The Kier molecular flexibility index (Phi) is 4.65. The molecular formula is C16H26N2. The van der Waals surface area contributed by atoms with E-state index in [2.05, 4.69) is 30.9 Å². The Labute approximate surface area is 111 Å². The predicted octanol–water partition coefficient (Wildman–Crippen LogP) is 3.94. The second-order valence-corrected chi connectivity index (χ2v) is 5.59. The highest BCUT2D eigenvalue weighted by Gasteiger charge is 2.23. The summed E-state index contributed by atoms with van der Waals surface area (Å²) in [4.78, 5) is 2.56. The zero-order valence-corrected chi connectivity index (χ0v) is 11.8. The van der Waals surface area contributed by atoms with Crippen LogP contribution in [-0.4, -0.2) is 10.9 Å².